The molecule has 1 N–H and O–H groups in total. The Morgan fingerprint density at radius 2 is 2.07 bits per heavy atom. The fourth-order valence-electron chi connectivity index (χ4n) is 3.98. The summed E-state index contributed by atoms with van der Waals surface area (Å²) in [6.07, 6.45) is 5.80. The van der Waals surface area contributed by atoms with Crippen molar-refractivity contribution in [3.8, 4) is 5.75 Å². The van der Waals surface area contributed by atoms with E-state index in [4.69, 9.17) is 9.47 Å². The summed E-state index contributed by atoms with van der Waals surface area (Å²) in [5.74, 6) is 0.575. The summed E-state index contributed by atoms with van der Waals surface area (Å²) < 4.78 is 13.2. The normalized spacial score (nSPS) is 17.8. The first-order chi connectivity index (χ1) is 14.0. The number of hydrogen-bond acceptors (Lipinski definition) is 6. The number of carbonyl (C=O) groups excluding carboxylic acids is 1. The predicted octanol–water partition coefficient (Wildman–Crippen LogP) is 2.53. The third-order valence-corrected chi connectivity index (χ3v) is 5.31. The molecule has 0 spiro atoms. The Morgan fingerprint density at radius 1 is 1.24 bits per heavy atom. The molecule has 0 atom stereocenters. The fourth-order valence-corrected chi connectivity index (χ4v) is 3.98. The van der Waals surface area contributed by atoms with E-state index < -0.39 is 0 Å². The molecule has 2 aliphatic rings. The van der Waals surface area contributed by atoms with Crippen LogP contribution in [-0.2, 0) is 11.2 Å². The van der Waals surface area contributed by atoms with Gasteiger partial charge in [-0.05, 0) is 26.0 Å². The summed E-state index contributed by atoms with van der Waals surface area (Å²) >= 11 is 0. The quantitative estimate of drug-likeness (QED) is 0.737. The summed E-state index contributed by atoms with van der Waals surface area (Å²) in [5.41, 5.74) is 3.58. The third-order valence-electron chi connectivity index (χ3n) is 5.31. The summed E-state index contributed by atoms with van der Waals surface area (Å²) in [7, 11) is 0. The van der Waals surface area contributed by atoms with E-state index in [9.17, 15) is 4.79 Å². The molecular weight excluding hydrogens is 370 g/mol. The van der Waals surface area contributed by atoms with Gasteiger partial charge in [-0.2, -0.15) is 5.10 Å². The molecule has 3 aromatic rings. The molecular formula is C21H23N5O3. The van der Waals surface area contributed by atoms with Crippen molar-refractivity contribution < 1.29 is 14.3 Å². The van der Waals surface area contributed by atoms with Gasteiger partial charge < -0.3 is 19.7 Å². The summed E-state index contributed by atoms with van der Waals surface area (Å²) in [6.45, 7) is 7.05. The van der Waals surface area contributed by atoms with Crippen molar-refractivity contribution in [1.82, 2.24) is 14.6 Å². The smallest absolute Gasteiger partial charge is 0.261 e. The fraction of sp³-hybridized carbons (Fsp3) is 0.381. The second-order valence-electron chi connectivity index (χ2n) is 8.02. The molecule has 4 heterocycles. The first-order valence-electron chi connectivity index (χ1n) is 9.78. The number of hydrogen-bond donors (Lipinski definition) is 1. The molecule has 2 aromatic heterocycles. The highest BCUT2D eigenvalue weighted by atomic mass is 16.5. The number of ether oxygens (including phenoxy) is 2. The zero-order chi connectivity index (χ0) is 20.0. The maximum Gasteiger partial charge on any atom is 0.261 e. The van der Waals surface area contributed by atoms with E-state index in [1.165, 1.54) is 0 Å². The second kappa shape index (κ2) is 6.73. The highest BCUT2D eigenvalue weighted by molar-refractivity contribution is 6.09. The Hall–Kier alpha value is -3.13. The molecule has 2 aliphatic heterocycles. The minimum atomic E-state index is -0.250. The molecule has 0 saturated carbocycles. The number of amides is 1. The van der Waals surface area contributed by atoms with E-state index >= 15 is 0 Å². The highest BCUT2D eigenvalue weighted by Crippen LogP contribution is 2.41. The SMILES string of the molecule is CC1(C)Cc2cc(N3CCOCC3)c(NC(=O)c3cnn4cccnc34)cc2O1. The lowest BCUT2D eigenvalue weighted by atomic mass is 10.0. The van der Waals surface area contributed by atoms with E-state index in [0.717, 1.165) is 42.2 Å². The van der Waals surface area contributed by atoms with Crippen LogP contribution in [0.1, 0.15) is 29.8 Å². The molecule has 1 aromatic carbocycles. The van der Waals surface area contributed by atoms with Crippen LogP contribution in [-0.4, -0.2) is 52.4 Å². The van der Waals surface area contributed by atoms with Crippen LogP contribution in [0.15, 0.2) is 36.8 Å². The molecule has 1 fully saturated rings. The molecule has 8 heteroatoms. The van der Waals surface area contributed by atoms with Gasteiger partial charge in [-0.25, -0.2) is 9.50 Å². The van der Waals surface area contributed by atoms with E-state index in [-0.39, 0.29) is 11.5 Å². The minimum absolute atomic E-state index is 0.245. The number of rotatable bonds is 3. The lowest BCUT2D eigenvalue weighted by molar-refractivity contribution is 0.102. The summed E-state index contributed by atoms with van der Waals surface area (Å²) in [5, 5.41) is 7.28. The largest absolute Gasteiger partial charge is 0.487 e. The number of carbonyl (C=O) groups is 1. The highest BCUT2D eigenvalue weighted by Gasteiger charge is 2.32. The number of morpholine rings is 1. The first kappa shape index (κ1) is 17.9. The van der Waals surface area contributed by atoms with Gasteiger partial charge in [0.1, 0.15) is 16.9 Å². The number of anilines is 2. The predicted molar refractivity (Wildman–Crippen MR) is 109 cm³/mol. The number of benzene rings is 1. The Bertz CT molecular complexity index is 1090. The Kier molecular flexibility index (Phi) is 4.16. The molecule has 0 bridgehead atoms. The van der Waals surface area contributed by atoms with Gasteiger partial charge in [-0.3, -0.25) is 4.79 Å². The maximum atomic E-state index is 13.1. The first-order valence-corrected chi connectivity index (χ1v) is 9.78. The Labute approximate surface area is 168 Å². The van der Waals surface area contributed by atoms with Crippen molar-refractivity contribution in [1.29, 1.82) is 0 Å². The van der Waals surface area contributed by atoms with Crippen molar-refractivity contribution in [3.63, 3.8) is 0 Å². The van der Waals surface area contributed by atoms with Gasteiger partial charge in [-0.15, -0.1) is 0 Å². The molecule has 0 aliphatic carbocycles. The van der Waals surface area contributed by atoms with E-state index in [1.54, 1.807) is 29.2 Å². The molecule has 5 rings (SSSR count). The number of fused-ring (bicyclic) bond motifs is 2. The van der Waals surface area contributed by atoms with Crippen molar-refractivity contribution in [2.75, 3.05) is 36.5 Å². The Morgan fingerprint density at radius 3 is 2.90 bits per heavy atom. The van der Waals surface area contributed by atoms with Gasteiger partial charge in [-0.1, -0.05) is 0 Å². The summed E-state index contributed by atoms with van der Waals surface area (Å²) in [4.78, 5) is 19.6. The molecule has 8 nitrogen and oxygen atoms in total. The standard InChI is InChI=1S/C21H23N5O3/c1-21(2)12-14-10-17(25-6-8-28-9-7-25)16(11-18(14)29-21)24-20(27)15-13-23-26-5-3-4-22-19(15)26/h3-5,10-11,13H,6-9,12H2,1-2H3,(H,24,27). The van der Waals surface area contributed by atoms with Crippen LogP contribution >= 0.6 is 0 Å². The number of aromatic nitrogens is 3. The lowest BCUT2D eigenvalue weighted by Gasteiger charge is -2.31. The van der Waals surface area contributed by atoms with E-state index in [1.807, 2.05) is 6.07 Å². The van der Waals surface area contributed by atoms with Crippen LogP contribution in [0, 0.1) is 0 Å². The molecule has 0 unspecified atom stereocenters. The van der Waals surface area contributed by atoms with Gasteiger partial charge >= 0.3 is 0 Å². The lowest BCUT2D eigenvalue weighted by Crippen LogP contribution is -2.36. The van der Waals surface area contributed by atoms with Gasteiger partial charge in [0.15, 0.2) is 5.65 Å². The maximum absolute atomic E-state index is 13.1. The molecule has 0 radical (unpaired) electrons. The monoisotopic (exact) mass is 393 g/mol. The molecule has 150 valence electrons. The van der Waals surface area contributed by atoms with Gasteiger partial charge in [0.25, 0.3) is 5.91 Å². The topological polar surface area (TPSA) is 81.0 Å². The average Bonchev–Trinajstić information content (AvgIpc) is 3.27. The number of nitrogens with zero attached hydrogens (tertiary/aromatic N) is 4. The second-order valence-corrected chi connectivity index (χ2v) is 8.02. The van der Waals surface area contributed by atoms with Crippen LogP contribution in [0.2, 0.25) is 0 Å². The average molecular weight is 393 g/mol. The van der Waals surface area contributed by atoms with Crippen molar-refractivity contribution in [3.05, 3.63) is 47.9 Å². The van der Waals surface area contributed by atoms with Gasteiger partial charge in [0.2, 0.25) is 0 Å². The molecule has 1 amide bonds. The van der Waals surface area contributed by atoms with E-state index in [0.29, 0.717) is 24.4 Å². The van der Waals surface area contributed by atoms with Crippen molar-refractivity contribution in [2.45, 2.75) is 25.9 Å². The minimum Gasteiger partial charge on any atom is -0.487 e. The van der Waals surface area contributed by atoms with Crippen molar-refractivity contribution in [2.24, 2.45) is 0 Å². The third kappa shape index (κ3) is 3.29. The van der Waals surface area contributed by atoms with E-state index in [2.05, 4.69) is 40.2 Å². The Balaban J connectivity index is 1.52. The molecule has 29 heavy (non-hydrogen) atoms. The van der Waals surface area contributed by atoms with Crippen LogP contribution in [0.5, 0.6) is 5.75 Å². The van der Waals surface area contributed by atoms with Crippen LogP contribution < -0.4 is 15.0 Å². The molecule has 1 saturated heterocycles. The van der Waals surface area contributed by atoms with Crippen molar-refractivity contribution >= 4 is 22.9 Å². The van der Waals surface area contributed by atoms with Crippen LogP contribution in [0.25, 0.3) is 5.65 Å². The van der Waals surface area contributed by atoms with Gasteiger partial charge in [0, 0.05) is 43.5 Å². The zero-order valence-electron chi connectivity index (χ0n) is 16.5. The van der Waals surface area contributed by atoms with Gasteiger partial charge in [0.05, 0.1) is 30.8 Å². The zero-order valence-corrected chi connectivity index (χ0v) is 16.5. The van der Waals surface area contributed by atoms with Crippen LogP contribution in [0.3, 0.4) is 0 Å². The summed E-state index contributed by atoms with van der Waals surface area (Å²) in [6, 6.07) is 5.85. The number of nitrogens with one attached hydrogen (secondary N) is 1. The van der Waals surface area contributed by atoms with Crippen LogP contribution in [0.4, 0.5) is 11.4 Å².